The van der Waals surface area contributed by atoms with E-state index in [1.807, 2.05) is 29.7 Å². The highest BCUT2D eigenvalue weighted by atomic mass is 15.1. The highest BCUT2D eigenvalue weighted by molar-refractivity contribution is 5.77. The lowest BCUT2D eigenvalue weighted by molar-refractivity contribution is 0.803. The van der Waals surface area contributed by atoms with Gasteiger partial charge in [-0.3, -0.25) is 0 Å². The molecule has 0 saturated carbocycles. The summed E-state index contributed by atoms with van der Waals surface area (Å²) in [5.74, 6) is 3.33. The van der Waals surface area contributed by atoms with E-state index in [2.05, 4.69) is 17.0 Å². The van der Waals surface area contributed by atoms with Gasteiger partial charge in [0.2, 0.25) is 0 Å². The van der Waals surface area contributed by atoms with Gasteiger partial charge in [-0.2, -0.15) is 5.26 Å². The molecule has 0 fully saturated rings. The van der Waals surface area contributed by atoms with Crippen LogP contribution in [-0.4, -0.2) is 9.55 Å². The lowest BCUT2D eigenvalue weighted by Crippen LogP contribution is -2.01. The van der Waals surface area contributed by atoms with E-state index in [-0.39, 0.29) is 6.42 Å². The molecule has 0 atom stereocenters. The monoisotopic (exact) mass is 209 g/mol. The van der Waals surface area contributed by atoms with Crippen molar-refractivity contribution in [2.24, 2.45) is 0 Å². The van der Waals surface area contributed by atoms with Crippen molar-refractivity contribution in [1.29, 1.82) is 5.26 Å². The SMILES string of the molecule is C#CCn1c(CC#N)nc2cc(C)ccc21. The highest BCUT2D eigenvalue weighted by Gasteiger charge is 2.09. The van der Waals surface area contributed by atoms with Crippen LogP contribution in [0.1, 0.15) is 11.4 Å². The van der Waals surface area contributed by atoms with Crippen LogP contribution in [0.3, 0.4) is 0 Å². The average Bonchev–Trinajstić information content (AvgIpc) is 2.57. The molecule has 2 aromatic rings. The lowest BCUT2D eigenvalue weighted by atomic mass is 10.2. The molecule has 0 radical (unpaired) electrons. The number of aromatic nitrogens is 2. The fourth-order valence-corrected chi connectivity index (χ4v) is 1.76. The molecule has 0 aliphatic rings. The van der Waals surface area contributed by atoms with Gasteiger partial charge in [0.25, 0.3) is 0 Å². The van der Waals surface area contributed by atoms with Crippen molar-refractivity contribution in [3.05, 3.63) is 29.6 Å². The molecule has 0 aliphatic carbocycles. The maximum absolute atomic E-state index is 8.74. The molecule has 1 heterocycles. The first-order valence-corrected chi connectivity index (χ1v) is 5.02. The molecule has 16 heavy (non-hydrogen) atoms. The van der Waals surface area contributed by atoms with Crippen molar-refractivity contribution in [1.82, 2.24) is 9.55 Å². The molecule has 3 heteroatoms. The summed E-state index contributed by atoms with van der Waals surface area (Å²) >= 11 is 0. The van der Waals surface area contributed by atoms with Crippen LogP contribution in [0.4, 0.5) is 0 Å². The van der Waals surface area contributed by atoms with E-state index in [9.17, 15) is 0 Å². The molecule has 1 aromatic carbocycles. The number of hydrogen-bond acceptors (Lipinski definition) is 2. The van der Waals surface area contributed by atoms with Gasteiger partial charge < -0.3 is 4.57 Å². The van der Waals surface area contributed by atoms with E-state index in [0.29, 0.717) is 6.54 Å². The van der Waals surface area contributed by atoms with Gasteiger partial charge >= 0.3 is 0 Å². The Balaban J connectivity index is 2.67. The van der Waals surface area contributed by atoms with Crippen LogP contribution in [0, 0.1) is 30.6 Å². The normalized spacial score (nSPS) is 9.94. The number of terminal acetylenes is 1. The van der Waals surface area contributed by atoms with Gasteiger partial charge in [-0.05, 0) is 24.6 Å². The van der Waals surface area contributed by atoms with Crippen LogP contribution in [0.25, 0.3) is 11.0 Å². The van der Waals surface area contributed by atoms with Crippen molar-refractivity contribution in [2.75, 3.05) is 0 Å². The third-order valence-corrected chi connectivity index (χ3v) is 2.47. The second-order valence-corrected chi connectivity index (χ2v) is 3.65. The highest BCUT2D eigenvalue weighted by Crippen LogP contribution is 2.17. The minimum atomic E-state index is 0.287. The van der Waals surface area contributed by atoms with Gasteiger partial charge in [0.1, 0.15) is 5.82 Å². The first kappa shape index (κ1) is 10.3. The largest absolute Gasteiger partial charge is 0.315 e. The zero-order valence-corrected chi connectivity index (χ0v) is 9.07. The van der Waals surface area contributed by atoms with Crippen LogP contribution in [0.2, 0.25) is 0 Å². The number of rotatable bonds is 2. The molecule has 0 amide bonds. The Labute approximate surface area is 94.3 Å². The summed E-state index contributed by atoms with van der Waals surface area (Å²) in [5, 5.41) is 8.74. The zero-order chi connectivity index (χ0) is 11.5. The van der Waals surface area contributed by atoms with E-state index in [4.69, 9.17) is 11.7 Å². The van der Waals surface area contributed by atoms with Crippen LogP contribution in [0.15, 0.2) is 18.2 Å². The molecule has 78 valence electrons. The fraction of sp³-hybridized carbons (Fsp3) is 0.231. The van der Waals surface area contributed by atoms with Crippen LogP contribution in [0.5, 0.6) is 0 Å². The summed E-state index contributed by atoms with van der Waals surface area (Å²) in [6, 6.07) is 8.13. The molecule has 0 spiro atoms. The maximum atomic E-state index is 8.74. The standard InChI is InChI=1S/C13H11N3/c1-3-8-16-12-5-4-10(2)9-11(12)15-13(16)6-7-14/h1,4-5,9H,6,8H2,2H3. The quantitative estimate of drug-likeness (QED) is 0.710. The van der Waals surface area contributed by atoms with Crippen molar-refractivity contribution < 1.29 is 0 Å². The predicted octanol–water partition coefficient (Wildman–Crippen LogP) is 2.04. The molecule has 0 bridgehead atoms. The third kappa shape index (κ3) is 1.64. The summed E-state index contributed by atoms with van der Waals surface area (Å²) in [7, 11) is 0. The smallest absolute Gasteiger partial charge is 0.124 e. The Morgan fingerprint density at radius 1 is 1.50 bits per heavy atom. The Bertz CT molecular complexity index is 608. The molecule has 1 aromatic heterocycles. The van der Waals surface area contributed by atoms with E-state index in [0.717, 1.165) is 22.4 Å². The minimum Gasteiger partial charge on any atom is -0.315 e. The number of imidazole rings is 1. The van der Waals surface area contributed by atoms with Crippen LogP contribution in [-0.2, 0) is 13.0 Å². The molecular formula is C13H11N3. The number of nitrogens with zero attached hydrogens (tertiary/aromatic N) is 3. The summed E-state index contributed by atoms with van der Waals surface area (Å²) in [6.07, 6.45) is 5.61. The number of nitriles is 1. The number of aryl methyl sites for hydroxylation is 1. The summed E-state index contributed by atoms with van der Waals surface area (Å²) in [4.78, 5) is 4.43. The Morgan fingerprint density at radius 3 is 3.00 bits per heavy atom. The van der Waals surface area contributed by atoms with Gasteiger partial charge in [-0.25, -0.2) is 4.98 Å². The van der Waals surface area contributed by atoms with Crippen LogP contribution < -0.4 is 0 Å². The number of fused-ring (bicyclic) bond motifs is 1. The van der Waals surface area contributed by atoms with Gasteiger partial charge in [0.15, 0.2) is 0 Å². The molecule has 0 saturated heterocycles. The van der Waals surface area contributed by atoms with E-state index < -0.39 is 0 Å². The minimum absolute atomic E-state index is 0.287. The van der Waals surface area contributed by atoms with Crippen molar-refractivity contribution in [3.8, 4) is 18.4 Å². The average molecular weight is 209 g/mol. The number of benzene rings is 1. The Hall–Kier alpha value is -2.26. The van der Waals surface area contributed by atoms with Gasteiger partial charge in [-0.1, -0.05) is 12.0 Å². The Kier molecular flexibility index (Phi) is 2.62. The first-order chi connectivity index (χ1) is 7.76. The molecule has 0 aliphatic heterocycles. The van der Waals surface area contributed by atoms with Crippen molar-refractivity contribution in [3.63, 3.8) is 0 Å². The summed E-state index contributed by atoms with van der Waals surface area (Å²) in [6.45, 7) is 2.47. The molecular weight excluding hydrogens is 198 g/mol. The summed E-state index contributed by atoms with van der Waals surface area (Å²) in [5.41, 5.74) is 3.05. The maximum Gasteiger partial charge on any atom is 0.124 e. The zero-order valence-electron chi connectivity index (χ0n) is 9.07. The van der Waals surface area contributed by atoms with Gasteiger partial charge in [0.05, 0.1) is 30.1 Å². The van der Waals surface area contributed by atoms with Crippen molar-refractivity contribution >= 4 is 11.0 Å². The Morgan fingerprint density at radius 2 is 2.31 bits per heavy atom. The van der Waals surface area contributed by atoms with Crippen molar-refractivity contribution in [2.45, 2.75) is 19.9 Å². The summed E-state index contributed by atoms with van der Waals surface area (Å²) < 4.78 is 1.91. The second kappa shape index (κ2) is 4.08. The van der Waals surface area contributed by atoms with Crippen LogP contribution >= 0.6 is 0 Å². The molecule has 3 nitrogen and oxygen atoms in total. The van der Waals surface area contributed by atoms with Gasteiger partial charge in [-0.15, -0.1) is 6.42 Å². The first-order valence-electron chi connectivity index (χ1n) is 5.02. The fourth-order valence-electron chi connectivity index (χ4n) is 1.76. The van der Waals surface area contributed by atoms with E-state index >= 15 is 0 Å². The second-order valence-electron chi connectivity index (χ2n) is 3.65. The van der Waals surface area contributed by atoms with Gasteiger partial charge in [0, 0.05) is 0 Å². The molecule has 0 N–H and O–H groups in total. The molecule has 2 rings (SSSR count). The lowest BCUT2D eigenvalue weighted by Gasteiger charge is -2.01. The molecule has 0 unspecified atom stereocenters. The van der Waals surface area contributed by atoms with E-state index in [1.54, 1.807) is 0 Å². The predicted molar refractivity (Wildman–Crippen MR) is 62.6 cm³/mol. The third-order valence-electron chi connectivity index (χ3n) is 2.47. The topological polar surface area (TPSA) is 41.6 Å². The number of hydrogen-bond donors (Lipinski definition) is 0. The van der Waals surface area contributed by atoms with E-state index in [1.165, 1.54) is 0 Å².